The molecule has 2 N–H and O–H groups in total. The summed E-state index contributed by atoms with van der Waals surface area (Å²) in [6.07, 6.45) is 0. The molecule has 0 heterocycles. The average Bonchev–Trinajstić information content (AvgIpc) is 2.78. The number of ether oxygens (including phenoxy) is 1. The zero-order valence-corrected chi connectivity index (χ0v) is 18.1. The van der Waals surface area contributed by atoms with Crippen LogP contribution in [0.15, 0.2) is 72.8 Å². The lowest BCUT2D eigenvalue weighted by Gasteiger charge is -2.17. The largest absolute Gasteiger partial charge is 0.488 e. The van der Waals surface area contributed by atoms with E-state index < -0.39 is 11.8 Å². The molecule has 4 aromatic rings. The van der Waals surface area contributed by atoms with E-state index in [2.05, 4.69) is 5.32 Å². The highest BCUT2D eigenvalue weighted by Crippen LogP contribution is 2.31. The summed E-state index contributed by atoms with van der Waals surface area (Å²) in [5, 5.41) is 15.0. The predicted octanol–water partition coefficient (Wildman–Crippen LogP) is 6.83. The summed E-state index contributed by atoms with van der Waals surface area (Å²) >= 11 is 6.15. The van der Waals surface area contributed by atoms with E-state index in [-0.39, 0.29) is 12.2 Å². The van der Waals surface area contributed by atoms with Crippen LogP contribution in [0, 0.1) is 12.7 Å². The van der Waals surface area contributed by atoms with Crippen LogP contribution in [0.3, 0.4) is 0 Å². The van der Waals surface area contributed by atoms with Crippen LogP contribution in [0.2, 0.25) is 5.02 Å². The van der Waals surface area contributed by atoms with E-state index in [9.17, 15) is 14.3 Å². The van der Waals surface area contributed by atoms with Crippen LogP contribution in [0.1, 0.15) is 27.0 Å². The first kappa shape index (κ1) is 21.7. The minimum atomic E-state index is -0.955. The van der Waals surface area contributed by atoms with Crippen LogP contribution >= 0.6 is 11.6 Å². The first-order chi connectivity index (χ1) is 15.4. The highest BCUT2D eigenvalue weighted by atomic mass is 35.5. The van der Waals surface area contributed by atoms with Crippen molar-refractivity contribution in [2.75, 3.05) is 5.32 Å². The van der Waals surface area contributed by atoms with Gasteiger partial charge in [0.15, 0.2) is 0 Å². The third kappa shape index (κ3) is 4.68. The van der Waals surface area contributed by atoms with Crippen LogP contribution in [0.5, 0.6) is 5.75 Å². The summed E-state index contributed by atoms with van der Waals surface area (Å²) in [4.78, 5) is 11.2. The molecule has 4 aromatic carbocycles. The SMILES string of the molecule is Cc1cc(C(=O)O)ccc1NCc1c(OCc2ccc(F)cc2Cl)ccc2ccccc12. The highest BCUT2D eigenvalue weighted by Gasteiger charge is 2.12. The van der Waals surface area contributed by atoms with E-state index >= 15 is 0 Å². The predicted molar refractivity (Wildman–Crippen MR) is 125 cm³/mol. The van der Waals surface area contributed by atoms with Gasteiger partial charge in [0.1, 0.15) is 18.2 Å². The Balaban J connectivity index is 1.62. The number of benzene rings is 4. The molecule has 6 heteroatoms. The molecule has 0 atom stereocenters. The van der Waals surface area contributed by atoms with Crippen molar-refractivity contribution in [1.82, 2.24) is 0 Å². The van der Waals surface area contributed by atoms with E-state index in [0.29, 0.717) is 22.9 Å². The van der Waals surface area contributed by atoms with Gasteiger partial charge in [-0.15, -0.1) is 0 Å². The smallest absolute Gasteiger partial charge is 0.335 e. The zero-order chi connectivity index (χ0) is 22.7. The van der Waals surface area contributed by atoms with Gasteiger partial charge in [-0.3, -0.25) is 0 Å². The van der Waals surface area contributed by atoms with Crippen molar-refractivity contribution >= 4 is 34.0 Å². The maximum absolute atomic E-state index is 13.3. The summed E-state index contributed by atoms with van der Waals surface area (Å²) < 4.78 is 19.4. The summed E-state index contributed by atoms with van der Waals surface area (Å²) in [7, 11) is 0. The van der Waals surface area contributed by atoms with Crippen LogP contribution in [-0.4, -0.2) is 11.1 Å². The molecular formula is C26H21ClFNO3. The summed E-state index contributed by atoms with van der Waals surface area (Å²) in [6.45, 7) is 2.55. The summed E-state index contributed by atoms with van der Waals surface area (Å²) in [5.41, 5.74) is 3.59. The van der Waals surface area contributed by atoms with E-state index in [1.54, 1.807) is 24.3 Å². The molecular weight excluding hydrogens is 429 g/mol. The van der Waals surface area contributed by atoms with Gasteiger partial charge in [0, 0.05) is 23.4 Å². The van der Waals surface area contributed by atoms with Crippen molar-refractivity contribution in [3.05, 3.63) is 106 Å². The lowest BCUT2D eigenvalue weighted by molar-refractivity contribution is 0.0697. The molecule has 0 fully saturated rings. The van der Waals surface area contributed by atoms with E-state index in [0.717, 1.165) is 27.6 Å². The Kier molecular flexibility index (Phi) is 6.28. The number of hydrogen-bond acceptors (Lipinski definition) is 3. The number of carboxylic acids is 1. The van der Waals surface area contributed by atoms with Crippen LogP contribution < -0.4 is 10.1 Å². The Hall–Kier alpha value is -3.57. The van der Waals surface area contributed by atoms with Gasteiger partial charge in [-0.05, 0) is 59.7 Å². The second-order valence-electron chi connectivity index (χ2n) is 7.48. The van der Waals surface area contributed by atoms with Crippen molar-refractivity contribution in [2.24, 2.45) is 0 Å². The summed E-state index contributed by atoms with van der Waals surface area (Å²) in [5.74, 6) is -0.654. The molecule has 0 unspecified atom stereocenters. The number of hydrogen-bond donors (Lipinski definition) is 2. The second kappa shape index (κ2) is 9.28. The monoisotopic (exact) mass is 449 g/mol. The fourth-order valence-corrected chi connectivity index (χ4v) is 3.83. The van der Waals surface area contributed by atoms with Crippen molar-refractivity contribution in [3.8, 4) is 5.75 Å². The van der Waals surface area contributed by atoms with Gasteiger partial charge >= 0.3 is 5.97 Å². The number of carboxylic acid groups (broad SMARTS) is 1. The maximum atomic E-state index is 13.3. The summed E-state index contributed by atoms with van der Waals surface area (Å²) in [6, 6.07) is 21.2. The molecule has 0 amide bonds. The van der Waals surface area contributed by atoms with Crippen molar-refractivity contribution < 1.29 is 19.0 Å². The molecule has 4 rings (SSSR count). The minimum absolute atomic E-state index is 0.205. The molecule has 0 spiro atoms. The third-order valence-corrected chi connectivity index (χ3v) is 5.68. The van der Waals surface area contributed by atoms with E-state index in [4.69, 9.17) is 16.3 Å². The molecule has 32 heavy (non-hydrogen) atoms. The number of anilines is 1. The Bertz CT molecular complexity index is 1310. The Labute approximate surface area is 190 Å². The van der Waals surface area contributed by atoms with E-state index in [1.165, 1.54) is 12.1 Å². The number of carbonyl (C=O) groups is 1. The van der Waals surface area contributed by atoms with Gasteiger partial charge in [0.05, 0.1) is 10.6 Å². The molecule has 0 aromatic heterocycles. The first-order valence-electron chi connectivity index (χ1n) is 10.1. The van der Waals surface area contributed by atoms with Gasteiger partial charge in [-0.1, -0.05) is 48.0 Å². The standard InChI is InChI=1S/C26H21ClFNO3/c1-16-12-18(26(30)31)7-10-24(16)29-14-22-21-5-3-2-4-17(21)8-11-25(22)32-15-19-6-9-20(28)13-23(19)27/h2-13,29H,14-15H2,1H3,(H,30,31). The van der Waals surface area contributed by atoms with Crippen LogP contribution in [-0.2, 0) is 13.2 Å². The quantitative estimate of drug-likeness (QED) is 0.324. The second-order valence-corrected chi connectivity index (χ2v) is 7.88. The Morgan fingerprint density at radius 2 is 1.88 bits per heavy atom. The number of halogens is 2. The van der Waals surface area contributed by atoms with Gasteiger partial charge in [-0.25, -0.2) is 9.18 Å². The Morgan fingerprint density at radius 1 is 1.06 bits per heavy atom. The number of aromatic carboxylic acids is 1. The third-order valence-electron chi connectivity index (χ3n) is 5.32. The van der Waals surface area contributed by atoms with Gasteiger partial charge < -0.3 is 15.2 Å². The molecule has 0 aliphatic carbocycles. The zero-order valence-electron chi connectivity index (χ0n) is 17.4. The molecule has 0 bridgehead atoms. The van der Waals surface area contributed by atoms with Crippen molar-refractivity contribution in [1.29, 1.82) is 0 Å². The molecule has 0 aliphatic heterocycles. The van der Waals surface area contributed by atoms with Gasteiger partial charge in [-0.2, -0.15) is 0 Å². The van der Waals surface area contributed by atoms with Crippen molar-refractivity contribution in [2.45, 2.75) is 20.1 Å². The first-order valence-corrected chi connectivity index (χ1v) is 10.5. The van der Waals surface area contributed by atoms with Crippen molar-refractivity contribution in [3.63, 3.8) is 0 Å². The lowest BCUT2D eigenvalue weighted by Crippen LogP contribution is -2.06. The average molecular weight is 450 g/mol. The normalized spacial score (nSPS) is 10.8. The van der Waals surface area contributed by atoms with Gasteiger partial charge in [0.2, 0.25) is 0 Å². The lowest BCUT2D eigenvalue weighted by atomic mass is 10.0. The topological polar surface area (TPSA) is 58.6 Å². The molecule has 0 aliphatic rings. The highest BCUT2D eigenvalue weighted by molar-refractivity contribution is 6.31. The molecule has 0 radical (unpaired) electrons. The molecule has 0 saturated carbocycles. The van der Waals surface area contributed by atoms with Gasteiger partial charge in [0.25, 0.3) is 0 Å². The van der Waals surface area contributed by atoms with E-state index in [1.807, 2.05) is 43.3 Å². The van der Waals surface area contributed by atoms with Crippen LogP contribution in [0.25, 0.3) is 10.8 Å². The number of nitrogens with one attached hydrogen (secondary N) is 1. The number of aryl methyl sites for hydroxylation is 1. The molecule has 4 nitrogen and oxygen atoms in total. The Morgan fingerprint density at radius 3 is 2.62 bits per heavy atom. The number of fused-ring (bicyclic) bond motifs is 1. The number of rotatable bonds is 7. The maximum Gasteiger partial charge on any atom is 0.335 e. The fourth-order valence-electron chi connectivity index (χ4n) is 3.61. The fraction of sp³-hybridized carbons (Fsp3) is 0.115. The molecule has 162 valence electrons. The minimum Gasteiger partial charge on any atom is -0.488 e. The molecule has 0 saturated heterocycles. The van der Waals surface area contributed by atoms with Crippen LogP contribution in [0.4, 0.5) is 10.1 Å².